The van der Waals surface area contributed by atoms with Crippen LogP contribution in [0.15, 0.2) is 65.9 Å². The van der Waals surface area contributed by atoms with Crippen LogP contribution in [0.25, 0.3) is 11.4 Å². The predicted molar refractivity (Wildman–Crippen MR) is 114 cm³/mol. The summed E-state index contributed by atoms with van der Waals surface area (Å²) in [6.45, 7) is 10.9. The number of aliphatic imine (C=N–C) groups is 1. The van der Waals surface area contributed by atoms with Crippen LogP contribution in [0, 0.1) is 0 Å². The Labute approximate surface area is 203 Å². The van der Waals surface area contributed by atoms with Gasteiger partial charge < -0.3 is 24.8 Å². The van der Waals surface area contributed by atoms with Gasteiger partial charge in [0.05, 0.1) is 17.1 Å². The second kappa shape index (κ2) is 12.9. The van der Waals surface area contributed by atoms with E-state index >= 15 is 0 Å². The van der Waals surface area contributed by atoms with Crippen LogP contribution < -0.4 is 24.8 Å². The average molecular weight is 484 g/mol. The number of aromatic nitrogens is 2. The second-order valence-corrected chi connectivity index (χ2v) is 7.44. The number of pyridine rings is 2. The molecule has 0 spiro atoms. The van der Waals surface area contributed by atoms with Crippen molar-refractivity contribution in [3.8, 4) is 11.4 Å². The van der Waals surface area contributed by atoms with Crippen LogP contribution in [-0.2, 0) is 17.1 Å². The predicted octanol–water partition coefficient (Wildman–Crippen LogP) is 0.537. The van der Waals surface area contributed by atoms with Crippen molar-refractivity contribution in [2.45, 2.75) is 46.5 Å². The van der Waals surface area contributed by atoms with Crippen LogP contribution in [0.5, 0.6) is 0 Å². The maximum atomic E-state index is 5.04. The van der Waals surface area contributed by atoms with Crippen LogP contribution in [0.2, 0.25) is 0 Å². The number of para-hydroxylation sites is 1. The van der Waals surface area contributed by atoms with Gasteiger partial charge in [0.1, 0.15) is 0 Å². The van der Waals surface area contributed by atoms with Gasteiger partial charge in [0.2, 0.25) is 0 Å². The van der Waals surface area contributed by atoms with E-state index in [1.165, 1.54) is 11.1 Å². The van der Waals surface area contributed by atoms with Gasteiger partial charge in [0.25, 0.3) is 0 Å². The molecule has 2 aromatic heterocycles. The van der Waals surface area contributed by atoms with Crippen molar-refractivity contribution in [1.29, 1.82) is 0 Å². The molecule has 0 saturated carbocycles. The first-order valence-electron chi connectivity index (χ1n) is 9.53. The first-order chi connectivity index (χ1) is 13.0. The van der Waals surface area contributed by atoms with Crippen LogP contribution in [0.4, 0.5) is 5.69 Å². The molecule has 0 fully saturated rings. The molecular weight excluding hydrogens is 457 g/mol. The van der Waals surface area contributed by atoms with Gasteiger partial charge in [-0.1, -0.05) is 52.0 Å². The zero-order chi connectivity index (χ0) is 19.4. The van der Waals surface area contributed by atoms with Crippen molar-refractivity contribution < 1.29 is 41.9 Å². The molecule has 0 aliphatic rings. The molecule has 0 N–H and O–H groups in total. The molecule has 0 aliphatic carbocycles. The molecule has 0 amide bonds. The van der Waals surface area contributed by atoms with Gasteiger partial charge in [-0.2, -0.15) is 0 Å². The smallest absolute Gasteiger partial charge is 1.00 e. The average Bonchev–Trinajstić information content (AvgIpc) is 2.68. The SMILES string of the molecule is CC(=Nc1c(C(C)C)cccc1C(C)C)c1ccc(-c2ccccn2)nc1.[Cl-].[Cl-].[Fe+2]. The molecule has 160 valence electrons. The van der Waals surface area contributed by atoms with Crippen molar-refractivity contribution in [1.82, 2.24) is 9.97 Å². The van der Waals surface area contributed by atoms with E-state index in [4.69, 9.17) is 4.99 Å². The zero-order valence-electron chi connectivity index (χ0n) is 17.9. The van der Waals surface area contributed by atoms with Crippen molar-refractivity contribution in [3.63, 3.8) is 0 Å². The van der Waals surface area contributed by atoms with E-state index in [0.717, 1.165) is 28.4 Å². The van der Waals surface area contributed by atoms with Gasteiger partial charge in [0.15, 0.2) is 0 Å². The number of benzene rings is 1. The Hall–Kier alpha value is -1.71. The first kappa shape index (κ1) is 28.3. The van der Waals surface area contributed by atoms with Gasteiger partial charge in [-0.25, -0.2) is 0 Å². The Kier molecular flexibility index (Phi) is 12.1. The summed E-state index contributed by atoms with van der Waals surface area (Å²) >= 11 is 0. The number of halogens is 2. The van der Waals surface area contributed by atoms with E-state index in [1.807, 2.05) is 30.5 Å². The fourth-order valence-corrected chi connectivity index (χ4v) is 3.15. The number of hydrogen-bond donors (Lipinski definition) is 0. The first-order valence-corrected chi connectivity index (χ1v) is 9.53. The van der Waals surface area contributed by atoms with Gasteiger partial charge in [-0.05, 0) is 54.2 Å². The topological polar surface area (TPSA) is 38.1 Å². The van der Waals surface area contributed by atoms with Crippen molar-refractivity contribution in [3.05, 3.63) is 77.6 Å². The molecule has 0 radical (unpaired) electrons. The molecule has 0 saturated heterocycles. The molecular formula is C24H27Cl2FeN3. The fourth-order valence-electron chi connectivity index (χ4n) is 3.15. The Balaban J connectivity index is 0.00000280. The Bertz CT molecular complexity index is 914. The molecule has 30 heavy (non-hydrogen) atoms. The number of nitrogens with zero attached hydrogens (tertiary/aromatic N) is 3. The zero-order valence-corrected chi connectivity index (χ0v) is 20.5. The molecule has 3 rings (SSSR count). The van der Waals surface area contributed by atoms with Crippen molar-refractivity contribution >= 4 is 11.4 Å². The summed E-state index contributed by atoms with van der Waals surface area (Å²) in [5.74, 6) is 0.861. The van der Waals surface area contributed by atoms with E-state index < -0.39 is 0 Å². The van der Waals surface area contributed by atoms with Gasteiger partial charge in [-0.3, -0.25) is 15.0 Å². The minimum atomic E-state index is 0. The van der Waals surface area contributed by atoms with E-state index in [-0.39, 0.29) is 41.9 Å². The van der Waals surface area contributed by atoms with Crippen LogP contribution in [0.3, 0.4) is 0 Å². The third-order valence-corrected chi connectivity index (χ3v) is 4.73. The third-order valence-electron chi connectivity index (χ3n) is 4.73. The molecule has 6 heteroatoms. The number of hydrogen-bond acceptors (Lipinski definition) is 3. The normalized spacial score (nSPS) is 10.8. The Morgan fingerprint density at radius 3 is 1.83 bits per heavy atom. The van der Waals surface area contributed by atoms with Gasteiger partial charge in [0, 0.05) is 23.7 Å². The van der Waals surface area contributed by atoms with Gasteiger partial charge >= 0.3 is 17.1 Å². The summed E-state index contributed by atoms with van der Waals surface area (Å²) in [4.78, 5) is 14.0. The standard InChI is InChI=1S/C24H27N3.2ClH.Fe/c1-16(2)20-9-8-10-21(17(3)4)24(20)27-18(5)19-12-13-23(26-15-19)22-11-6-7-14-25-22;;;/h6-17H,1-5H3;2*1H;/q;;;+2/p-2. The van der Waals surface area contributed by atoms with Crippen LogP contribution in [0.1, 0.15) is 63.1 Å². The summed E-state index contributed by atoms with van der Waals surface area (Å²) in [6, 6.07) is 16.4. The molecule has 0 bridgehead atoms. The number of rotatable bonds is 5. The molecule has 2 heterocycles. The molecule has 0 aliphatic heterocycles. The van der Waals surface area contributed by atoms with E-state index in [0.29, 0.717) is 11.8 Å². The third kappa shape index (κ3) is 6.65. The molecule has 3 nitrogen and oxygen atoms in total. The van der Waals surface area contributed by atoms with Crippen molar-refractivity contribution in [2.24, 2.45) is 4.99 Å². The molecule has 0 atom stereocenters. The summed E-state index contributed by atoms with van der Waals surface area (Å²) < 4.78 is 0. The molecule has 1 aromatic carbocycles. The quantitative estimate of drug-likeness (QED) is 0.392. The summed E-state index contributed by atoms with van der Waals surface area (Å²) in [5, 5.41) is 0. The Morgan fingerprint density at radius 2 is 1.37 bits per heavy atom. The maximum Gasteiger partial charge on any atom is 2.00 e. The van der Waals surface area contributed by atoms with Crippen LogP contribution in [-0.4, -0.2) is 15.7 Å². The summed E-state index contributed by atoms with van der Waals surface area (Å²) in [6.07, 6.45) is 3.67. The van der Waals surface area contributed by atoms with Crippen LogP contribution >= 0.6 is 0 Å². The van der Waals surface area contributed by atoms with E-state index in [2.05, 4.69) is 68.9 Å². The second-order valence-electron chi connectivity index (χ2n) is 7.44. The van der Waals surface area contributed by atoms with E-state index in [1.54, 1.807) is 6.20 Å². The Morgan fingerprint density at radius 1 is 0.767 bits per heavy atom. The monoisotopic (exact) mass is 483 g/mol. The van der Waals surface area contributed by atoms with E-state index in [9.17, 15) is 0 Å². The molecule has 3 aromatic rings. The fraction of sp³-hybridized carbons (Fsp3) is 0.292. The summed E-state index contributed by atoms with van der Waals surface area (Å²) in [7, 11) is 0. The van der Waals surface area contributed by atoms with Gasteiger partial charge in [-0.15, -0.1) is 0 Å². The maximum absolute atomic E-state index is 5.04. The minimum Gasteiger partial charge on any atom is -1.00 e. The minimum absolute atomic E-state index is 0. The summed E-state index contributed by atoms with van der Waals surface area (Å²) in [5.41, 5.74) is 7.45. The molecule has 0 unspecified atom stereocenters. The largest absolute Gasteiger partial charge is 2.00 e. The van der Waals surface area contributed by atoms with Crippen molar-refractivity contribution in [2.75, 3.05) is 0 Å².